The average Bonchev–Trinajstić information content (AvgIpc) is 3.95. The van der Waals surface area contributed by atoms with Gasteiger partial charge in [-0.25, -0.2) is 0 Å². The van der Waals surface area contributed by atoms with Crippen molar-refractivity contribution in [3.05, 3.63) is 130 Å². The van der Waals surface area contributed by atoms with Gasteiger partial charge in [0.2, 0.25) is 5.91 Å². The minimum Gasteiger partial charge on any atom is -0.367 e. The summed E-state index contributed by atoms with van der Waals surface area (Å²) in [6.07, 6.45) is 2.24. The standard InChI is InChI=1S/C29H38N4O5S.C25H32N4O/c1-19(2)16-17-26(39(36,37)38)25(34)14-9-15-27(35)32-18-21-10-5-6-11-22(21)29-28(30-31-33(29)20(3)4)23-12-7-8-13-24(23)32;1-17(2)23(30)14-9-15-28-16-19-10-5-6-11-20(19)25-24(26-27-29(25)18(3)4)21-12-7-8-13-22(21)28/h5-8,10-13,19-20,26,28-29H,9,14-18H2,1-4H3,(H,36,37,38);5-8,10-13,17-18,24-25H,9,14-16H2,1-4H3. The van der Waals surface area contributed by atoms with Crippen LogP contribution in [0.2, 0.25) is 0 Å². The molecule has 0 radical (unpaired) electrons. The Balaban J connectivity index is 0.000000211. The molecule has 0 saturated carbocycles. The van der Waals surface area contributed by atoms with Crippen LogP contribution >= 0.6 is 0 Å². The Morgan fingerprint density at radius 3 is 1.59 bits per heavy atom. The summed E-state index contributed by atoms with van der Waals surface area (Å²) in [4.78, 5) is 42.7. The predicted molar refractivity (Wildman–Crippen MR) is 270 cm³/mol. The van der Waals surface area contributed by atoms with E-state index in [0.717, 1.165) is 41.9 Å². The van der Waals surface area contributed by atoms with Crippen LogP contribution in [0.5, 0.6) is 0 Å². The van der Waals surface area contributed by atoms with Crippen molar-refractivity contribution in [1.82, 2.24) is 10.0 Å². The largest absolute Gasteiger partial charge is 0.367 e. The monoisotopic (exact) mass is 959 g/mol. The molecule has 15 heteroatoms. The van der Waals surface area contributed by atoms with Crippen LogP contribution in [0.3, 0.4) is 0 Å². The minimum atomic E-state index is -4.50. The Bertz CT molecular complexity index is 2630. The molecular formula is C54H70N8O6S. The number of ketones is 2. The highest BCUT2D eigenvalue weighted by Crippen LogP contribution is 2.50. The van der Waals surface area contributed by atoms with Gasteiger partial charge in [-0.3, -0.25) is 29.0 Å². The van der Waals surface area contributed by atoms with Gasteiger partial charge >= 0.3 is 0 Å². The molecule has 4 aromatic carbocycles. The molecule has 0 aromatic heterocycles. The number of rotatable bonds is 16. The second kappa shape index (κ2) is 22.3. The zero-order valence-electron chi connectivity index (χ0n) is 41.5. The summed E-state index contributed by atoms with van der Waals surface area (Å²) in [5.74, 6) is -0.0672. The average molecular weight is 959 g/mol. The molecular weight excluding hydrogens is 889 g/mol. The van der Waals surface area contributed by atoms with Crippen molar-refractivity contribution in [2.75, 3.05) is 16.3 Å². The van der Waals surface area contributed by atoms with E-state index in [2.05, 4.69) is 108 Å². The van der Waals surface area contributed by atoms with Crippen molar-refractivity contribution in [2.45, 2.75) is 155 Å². The molecule has 69 heavy (non-hydrogen) atoms. The van der Waals surface area contributed by atoms with E-state index in [1.165, 1.54) is 22.4 Å². The number of hydrogen-bond donors (Lipinski definition) is 1. The molecule has 4 aromatic rings. The van der Waals surface area contributed by atoms with Gasteiger partial charge in [-0.05, 0) is 93.7 Å². The normalized spacial score (nSPS) is 19.7. The highest BCUT2D eigenvalue weighted by atomic mass is 32.2. The first kappa shape index (κ1) is 51.1. The third-order valence-electron chi connectivity index (χ3n) is 13.7. The first-order valence-corrected chi connectivity index (χ1v) is 26.2. The Morgan fingerprint density at radius 1 is 0.594 bits per heavy atom. The molecule has 4 heterocycles. The fourth-order valence-electron chi connectivity index (χ4n) is 10.0. The summed E-state index contributed by atoms with van der Waals surface area (Å²) in [5, 5.41) is 21.2. The Morgan fingerprint density at radius 2 is 1.07 bits per heavy atom. The van der Waals surface area contributed by atoms with E-state index in [4.69, 9.17) is 5.11 Å². The van der Waals surface area contributed by atoms with Crippen LogP contribution in [0.4, 0.5) is 11.4 Å². The molecule has 0 saturated heterocycles. The lowest BCUT2D eigenvalue weighted by molar-refractivity contribution is -0.122. The number of anilines is 2. The van der Waals surface area contributed by atoms with Crippen molar-refractivity contribution in [3.8, 4) is 0 Å². The summed E-state index contributed by atoms with van der Waals surface area (Å²) in [6, 6.07) is 33.2. The topological polar surface area (TPSA) is 168 Å². The Hall–Kier alpha value is -5.80. The number of hydrogen-bond acceptors (Lipinski definition) is 12. The molecule has 5 unspecified atom stereocenters. The van der Waals surface area contributed by atoms with Gasteiger partial charge in [-0.15, -0.1) is 0 Å². The number of fused-ring (bicyclic) bond motifs is 10. The van der Waals surface area contributed by atoms with Gasteiger partial charge in [-0.1, -0.05) is 123 Å². The van der Waals surface area contributed by atoms with Gasteiger partial charge < -0.3 is 9.80 Å². The second-order valence-corrected chi connectivity index (χ2v) is 21.7. The molecule has 0 bridgehead atoms. The number of para-hydroxylation sites is 2. The Labute approximate surface area is 409 Å². The summed E-state index contributed by atoms with van der Waals surface area (Å²) in [6.45, 7) is 18.4. The molecule has 5 atom stereocenters. The van der Waals surface area contributed by atoms with E-state index < -0.39 is 21.2 Å². The maximum atomic E-state index is 13.6. The molecule has 1 amide bonds. The molecule has 368 valence electrons. The number of Topliss-reactive ketones (excluding diaryl/α,β-unsaturated/α-hetero) is 2. The smallest absolute Gasteiger partial charge is 0.274 e. The number of nitrogens with zero attached hydrogens (tertiary/aromatic N) is 8. The van der Waals surface area contributed by atoms with Crippen LogP contribution in [-0.4, -0.2) is 64.3 Å². The van der Waals surface area contributed by atoms with Crippen LogP contribution < -0.4 is 9.80 Å². The maximum absolute atomic E-state index is 13.6. The van der Waals surface area contributed by atoms with Gasteiger partial charge in [0.1, 0.15) is 35.2 Å². The summed E-state index contributed by atoms with van der Waals surface area (Å²) in [7, 11) is -4.50. The van der Waals surface area contributed by atoms with E-state index >= 15 is 0 Å². The van der Waals surface area contributed by atoms with Gasteiger partial charge in [0.15, 0.2) is 5.78 Å². The molecule has 4 aliphatic heterocycles. The fourth-order valence-corrected chi connectivity index (χ4v) is 10.9. The van der Waals surface area contributed by atoms with E-state index in [0.29, 0.717) is 25.2 Å². The number of carbonyl (C=O) groups is 3. The lowest BCUT2D eigenvalue weighted by Crippen LogP contribution is -2.36. The SMILES string of the molecule is CC(C)C(=O)CCCN1Cc2ccccc2C2C(N=NN2C(C)C)c2ccccc21.CC(C)CCC(C(=O)CCCC(=O)N1Cc2ccccc2C2C(N=NN2C(C)C)c2ccccc21)S(=O)(=O)O. The van der Waals surface area contributed by atoms with Gasteiger partial charge in [0.25, 0.3) is 10.1 Å². The molecule has 0 aliphatic carbocycles. The zero-order chi connectivity index (χ0) is 49.6. The van der Waals surface area contributed by atoms with Crippen LogP contribution in [0.15, 0.2) is 118 Å². The van der Waals surface area contributed by atoms with E-state index in [1.54, 1.807) is 4.90 Å². The van der Waals surface area contributed by atoms with E-state index in [9.17, 15) is 27.4 Å². The highest BCUT2D eigenvalue weighted by molar-refractivity contribution is 7.87. The fraction of sp³-hybridized carbons (Fsp3) is 0.500. The van der Waals surface area contributed by atoms with E-state index in [1.807, 2.05) is 75.2 Å². The van der Waals surface area contributed by atoms with Gasteiger partial charge in [0, 0.05) is 72.9 Å². The third-order valence-corrected chi connectivity index (χ3v) is 14.9. The van der Waals surface area contributed by atoms with Crippen molar-refractivity contribution in [1.29, 1.82) is 0 Å². The quantitative estimate of drug-likeness (QED) is 0.107. The summed E-state index contributed by atoms with van der Waals surface area (Å²) >= 11 is 0. The molecule has 4 aliphatic rings. The lowest BCUT2D eigenvalue weighted by atomic mass is 9.87. The number of amides is 1. The second-order valence-electron chi connectivity index (χ2n) is 20.1. The first-order chi connectivity index (χ1) is 33.0. The summed E-state index contributed by atoms with van der Waals surface area (Å²) in [5.41, 5.74) is 8.80. The third kappa shape index (κ3) is 11.6. The minimum absolute atomic E-state index is 0.0233. The maximum Gasteiger partial charge on any atom is 0.274 e. The van der Waals surface area contributed by atoms with Crippen molar-refractivity contribution >= 4 is 39.0 Å². The van der Waals surface area contributed by atoms with Crippen molar-refractivity contribution < 1.29 is 27.4 Å². The van der Waals surface area contributed by atoms with Crippen LogP contribution in [0.25, 0.3) is 0 Å². The summed E-state index contributed by atoms with van der Waals surface area (Å²) < 4.78 is 33.3. The molecule has 1 N–H and O–H groups in total. The highest BCUT2D eigenvalue weighted by Gasteiger charge is 2.43. The van der Waals surface area contributed by atoms with Gasteiger partial charge in [0.05, 0.1) is 6.54 Å². The number of benzene rings is 4. The predicted octanol–water partition coefficient (Wildman–Crippen LogP) is 11.7. The van der Waals surface area contributed by atoms with Crippen LogP contribution in [0.1, 0.15) is 158 Å². The lowest BCUT2D eigenvalue weighted by Gasteiger charge is -2.37. The number of carbonyl (C=O) groups excluding carboxylic acids is 3. The van der Waals surface area contributed by atoms with Crippen LogP contribution in [0, 0.1) is 11.8 Å². The molecule has 8 rings (SSSR count). The molecule has 14 nitrogen and oxygen atoms in total. The van der Waals surface area contributed by atoms with Gasteiger partial charge in [-0.2, -0.15) is 18.6 Å². The Kier molecular flexibility index (Phi) is 16.5. The first-order valence-electron chi connectivity index (χ1n) is 24.7. The molecule has 0 spiro atoms. The zero-order valence-corrected chi connectivity index (χ0v) is 42.3. The van der Waals surface area contributed by atoms with Crippen molar-refractivity contribution in [2.24, 2.45) is 32.5 Å². The van der Waals surface area contributed by atoms with E-state index in [-0.39, 0.29) is 79.7 Å². The van der Waals surface area contributed by atoms with Crippen molar-refractivity contribution in [3.63, 3.8) is 0 Å². The van der Waals surface area contributed by atoms with Crippen LogP contribution in [-0.2, 0) is 37.6 Å². The molecule has 0 fully saturated rings.